The minimum Gasteiger partial charge on any atom is -0.378 e. The summed E-state index contributed by atoms with van der Waals surface area (Å²) in [6.07, 6.45) is 4.87. The molecular formula is C21H29N3O3. The molecule has 6 nitrogen and oxygen atoms in total. The van der Waals surface area contributed by atoms with Crippen LogP contribution >= 0.6 is 0 Å². The van der Waals surface area contributed by atoms with Gasteiger partial charge < -0.3 is 20.3 Å². The highest BCUT2D eigenvalue weighted by Crippen LogP contribution is 2.44. The number of fused-ring (bicyclic) bond motifs is 1. The van der Waals surface area contributed by atoms with Gasteiger partial charge in [0.25, 0.3) is 0 Å². The zero-order chi connectivity index (χ0) is 18.7. The van der Waals surface area contributed by atoms with Crippen molar-refractivity contribution in [1.29, 1.82) is 0 Å². The fourth-order valence-corrected chi connectivity index (χ4v) is 4.75. The van der Waals surface area contributed by atoms with Crippen LogP contribution in [0.15, 0.2) is 24.3 Å². The van der Waals surface area contributed by atoms with Crippen molar-refractivity contribution in [3.05, 3.63) is 29.8 Å². The Morgan fingerprint density at radius 2 is 1.96 bits per heavy atom. The van der Waals surface area contributed by atoms with E-state index in [1.54, 1.807) is 0 Å². The summed E-state index contributed by atoms with van der Waals surface area (Å²) in [6.45, 7) is 4.32. The molecule has 3 fully saturated rings. The number of hydrogen-bond donors (Lipinski definition) is 2. The van der Waals surface area contributed by atoms with E-state index in [1.807, 2.05) is 29.2 Å². The molecule has 6 heteroatoms. The second kappa shape index (κ2) is 7.98. The first-order valence-electron chi connectivity index (χ1n) is 10.1. The number of morpholine rings is 1. The first kappa shape index (κ1) is 18.4. The first-order valence-corrected chi connectivity index (χ1v) is 10.1. The number of carbonyl (C=O) groups is 2. The van der Waals surface area contributed by atoms with E-state index in [9.17, 15) is 9.59 Å². The largest absolute Gasteiger partial charge is 0.378 e. The van der Waals surface area contributed by atoms with Gasteiger partial charge in [-0.25, -0.2) is 0 Å². The van der Waals surface area contributed by atoms with Gasteiger partial charge in [0, 0.05) is 25.3 Å². The van der Waals surface area contributed by atoms with Gasteiger partial charge in [-0.3, -0.25) is 9.59 Å². The van der Waals surface area contributed by atoms with E-state index in [2.05, 4.69) is 10.6 Å². The second-order valence-corrected chi connectivity index (χ2v) is 8.05. The normalized spacial score (nSPS) is 27.9. The van der Waals surface area contributed by atoms with Gasteiger partial charge in [0.05, 0.1) is 25.0 Å². The first-order chi connectivity index (χ1) is 13.2. The van der Waals surface area contributed by atoms with Crippen LogP contribution in [0.5, 0.6) is 0 Å². The fourth-order valence-electron chi connectivity index (χ4n) is 4.75. The number of carbonyl (C=O) groups excluding carboxylic acids is 2. The summed E-state index contributed by atoms with van der Waals surface area (Å²) in [5, 5.41) is 6.55. The van der Waals surface area contributed by atoms with Crippen molar-refractivity contribution in [2.24, 2.45) is 11.3 Å². The lowest BCUT2D eigenvalue weighted by molar-refractivity contribution is -0.134. The Kier molecular flexibility index (Phi) is 5.45. The number of anilines is 1. The van der Waals surface area contributed by atoms with Crippen molar-refractivity contribution in [2.45, 2.75) is 32.1 Å². The molecule has 2 N–H and O–H groups in total. The van der Waals surface area contributed by atoms with Gasteiger partial charge >= 0.3 is 0 Å². The molecule has 27 heavy (non-hydrogen) atoms. The molecular weight excluding hydrogens is 342 g/mol. The van der Waals surface area contributed by atoms with Crippen LogP contribution in [0.2, 0.25) is 0 Å². The third-order valence-corrected chi connectivity index (χ3v) is 6.42. The molecule has 0 bridgehead atoms. The van der Waals surface area contributed by atoms with Gasteiger partial charge in [0.1, 0.15) is 0 Å². The van der Waals surface area contributed by atoms with E-state index < -0.39 is 0 Å². The van der Waals surface area contributed by atoms with E-state index in [1.165, 1.54) is 6.42 Å². The van der Waals surface area contributed by atoms with E-state index in [-0.39, 0.29) is 17.2 Å². The topological polar surface area (TPSA) is 70.7 Å². The highest BCUT2D eigenvalue weighted by Gasteiger charge is 2.49. The van der Waals surface area contributed by atoms with Gasteiger partial charge in [-0.05, 0) is 43.0 Å². The molecule has 2 amide bonds. The van der Waals surface area contributed by atoms with Crippen molar-refractivity contribution in [2.75, 3.05) is 44.7 Å². The Hall–Kier alpha value is -1.92. The summed E-state index contributed by atoms with van der Waals surface area (Å²) < 4.78 is 5.29. The Bertz CT molecular complexity index is 684. The standard InChI is InChI=1S/C21H29N3O3/c25-19(24-9-11-27-12-10-24)13-16-4-6-18(7-5-16)23-20(26)21-8-2-1-3-17(21)14-22-15-21/h4-7,17,22H,1-3,8-15H2,(H,23,26)/t17-,21+/m0/s1. The smallest absolute Gasteiger partial charge is 0.232 e. The molecule has 0 spiro atoms. The maximum atomic E-state index is 13.0. The fraction of sp³-hybridized carbons (Fsp3) is 0.619. The quantitative estimate of drug-likeness (QED) is 0.847. The van der Waals surface area contributed by atoms with Crippen LogP contribution < -0.4 is 10.6 Å². The molecule has 2 saturated heterocycles. The van der Waals surface area contributed by atoms with Crippen LogP contribution in [0.1, 0.15) is 31.2 Å². The Balaban J connectivity index is 1.36. The number of hydrogen-bond acceptors (Lipinski definition) is 4. The van der Waals surface area contributed by atoms with Crippen LogP contribution in [-0.2, 0) is 20.7 Å². The number of amides is 2. The van der Waals surface area contributed by atoms with Crippen LogP contribution in [-0.4, -0.2) is 56.1 Å². The molecule has 1 aromatic rings. The molecule has 1 aromatic carbocycles. The maximum absolute atomic E-state index is 13.0. The summed E-state index contributed by atoms with van der Waals surface area (Å²) in [4.78, 5) is 27.2. The lowest BCUT2D eigenvalue weighted by atomic mass is 9.67. The van der Waals surface area contributed by atoms with E-state index in [0.717, 1.165) is 43.6 Å². The molecule has 2 aliphatic heterocycles. The molecule has 0 radical (unpaired) electrons. The highest BCUT2D eigenvalue weighted by molar-refractivity contribution is 5.96. The number of rotatable bonds is 4. The van der Waals surface area contributed by atoms with Crippen LogP contribution in [0, 0.1) is 11.3 Å². The van der Waals surface area contributed by atoms with Crippen LogP contribution in [0.4, 0.5) is 5.69 Å². The van der Waals surface area contributed by atoms with Gasteiger partial charge in [-0.2, -0.15) is 0 Å². The Morgan fingerprint density at radius 1 is 1.19 bits per heavy atom. The average Bonchev–Trinajstić information content (AvgIpc) is 3.15. The summed E-state index contributed by atoms with van der Waals surface area (Å²) >= 11 is 0. The predicted molar refractivity (Wildman–Crippen MR) is 103 cm³/mol. The average molecular weight is 371 g/mol. The predicted octanol–water partition coefficient (Wildman–Crippen LogP) is 1.81. The van der Waals surface area contributed by atoms with Crippen molar-refractivity contribution < 1.29 is 14.3 Å². The molecule has 2 atom stereocenters. The molecule has 1 saturated carbocycles. The monoisotopic (exact) mass is 371 g/mol. The van der Waals surface area contributed by atoms with Gasteiger partial charge in [-0.1, -0.05) is 25.0 Å². The molecule has 0 aromatic heterocycles. The third-order valence-electron chi connectivity index (χ3n) is 6.42. The summed E-state index contributed by atoms with van der Waals surface area (Å²) in [6, 6.07) is 7.71. The van der Waals surface area contributed by atoms with Crippen LogP contribution in [0.3, 0.4) is 0 Å². The molecule has 1 aliphatic carbocycles. The summed E-state index contributed by atoms with van der Waals surface area (Å²) in [7, 11) is 0. The van der Waals surface area contributed by atoms with Crippen molar-refractivity contribution in [3.63, 3.8) is 0 Å². The molecule has 0 unspecified atom stereocenters. The number of nitrogens with zero attached hydrogens (tertiary/aromatic N) is 1. The SMILES string of the molecule is O=C(Cc1ccc(NC(=O)[C@@]23CCCC[C@H]2CNC3)cc1)N1CCOCC1. The zero-order valence-electron chi connectivity index (χ0n) is 15.8. The zero-order valence-corrected chi connectivity index (χ0v) is 15.8. The molecule has 146 valence electrons. The van der Waals surface area contributed by atoms with E-state index in [4.69, 9.17) is 4.74 Å². The molecule has 3 aliphatic rings. The second-order valence-electron chi connectivity index (χ2n) is 8.05. The highest BCUT2D eigenvalue weighted by atomic mass is 16.5. The third kappa shape index (κ3) is 3.87. The molecule has 2 heterocycles. The van der Waals surface area contributed by atoms with Crippen molar-refractivity contribution >= 4 is 17.5 Å². The molecule has 4 rings (SSSR count). The van der Waals surface area contributed by atoms with Gasteiger partial charge in [0.15, 0.2) is 0 Å². The van der Waals surface area contributed by atoms with Crippen molar-refractivity contribution in [1.82, 2.24) is 10.2 Å². The van der Waals surface area contributed by atoms with E-state index >= 15 is 0 Å². The van der Waals surface area contributed by atoms with Gasteiger partial charge in [-0.15, -0.1) is 0 Å². The lowest BCUT2D eigenvalue weighted by Gasteiger charge is -2.37. The van der Waals surface area contributed by atoms with Crippen LogP contribution in [0.25, 0.3) is 0 Å². The summed E-state index contributed by atoms with van der Waals surface area (Å²) in [5.74, 6) is 0.738. The number of benzene rings is 1. The maximum Gasteiger partial charge on any atom is 0.232 e. The Morgan fingerprint density at radius 3 is 2.74 bits per heavy atom. The van der Waals surface area contributed by atoms with Crippen molar-refractivity contribution in [3.8, 4) is 0 Å². The van der Waals surface area contributed by atoms with E-state index in [0.29, 0.717) is 38.6 Å². The Labute approximate surface area is 160 Å². The minimum atomic E-state index is -0.247. The minimum absolute atomic E-state index is 0.135. The number of ether oxygens (including phenoxy) is 1. The lowest BCUT2D eigenvalue weighted by Crippen LogP contribution is -2.44. The summed E-state index contributed by atoms with van der Waals surface area (Å²) in [5.41, 5.74) is 1.54. The number of nitrogens with one attached hydrogen (secondary N) is 2. The van der Waals surface area contributed by atoms with Gasteiger partial charge in [0.2, 0.25) is 11.8 Å².